The summed E-state index contributed by atoms with van der Waals surface area (Å²) in [6, 6.07) is 5.13. The highest BCUT2D eigenvalue weighted by atomic mass is 16.3. The number of hydrogen-bond acceptors (Lipinski definition) is 9. The van der Waals surface area contributed by atoms with Gasteiger partial charge in [0.15, 0.2) is 0 Å². The topological polar surface area (TPSA) is 151 Å². The number of rotatable bonds is 7. The third-order valence-electron chi connectivity index (χ3n) is 9.21. The first kappa shape index (κ1) is 28.6. The predicted molar refractivity (Wildman–Crippen MR) is 152 cm³/mol. The van der Waals surface area contributed by atoms with Crippen molar-refractivity contribution in [1.29, 1.82) is 0 Å². The van der Waals surface area contributed by atoms with Gasteiger partial charge in [-0.25, -0.2) is 0 Å². The normalized spacial score (nSPS) is 25.1. The average molecular weight is 557 g/mol. The van der Waals surface area contributed by atoms with E-state index in [0.717, 1.165) is 64.1 Å². The smallest absolute Gasteiger partial charge is 0.249 e. The van der Waals surface area contributed by atoms with Gasteiger partial charge >= 0.3 is 0 Å². The van der Waals surface area contributed by atoms with Gasteiger partial charge in [0.05, 0.1) is 17.7 Å². The van der Waals surface area contributed by atoms with Crippen molar-refractivity contribution in [3.8, 4) is 5.75 Å². The molecule has 0 bridgehead atoms. The summed E-state index contributed by atoms with van der Waals surface area (Å²) < 4.78 is 0. The van der Waals surface area contributed by atoms with Crippen LogP contribution in [-0.2, 0) is 14.4 Å². The molecule has 4 heterocycles. The van der Waals surface area contributed by atoms with E-state index in [1.54, 1.807) is 12.1 Å². The molecule has 11 nitrogen and oxygen atoms in total. The number of aromatic hydroxyl groups is 1. The fourth-order valence-corrected chi connectivity index (χ4v) is 6.47. The molecule has 4 fully saturated rings. The number of phenols is 1. The number of hydrogen-bond donors (Lipinski definition) is 5. The highest BCUT2D eigenvalue weighted by Gasteiger charge is 2.37. The second-order valence-corrected chi connectivity index (χ2v) is 12.2. The molecule has 1 aromatic carbocycles. The van der Waals surface area contributed by atoms with E-state index in [9.17, 15) is 24.6 Å². The summed E-state index contributed by atoms with van der Waals surface area (Å²) in [4.78, 5) is 42.7. The van der Waals surface area contributed by atoms with E-state index >= 15 is 0 Å². The molecule has 5 rings (SSSR count). The second kappa shape index (κ2) is 12.3. The molecular formula is C29H44N6O5. The predicted octanol–water partition coefficient (Wildman–Crippen LogP) is 0.992. The van der Waals surface area contributed by atoms with Crippen LogP contribution in [0.15, 0.2) is 18.2 Å². The van der Waals surface area contributed by atoms with E-state index in [2.05, 4.69) is 20.4 Å². The molecular weight excluding hydrogens is 512 g/mol. The fraction of sp³-hybridized carbons (Fsp3) is 0.690. The third kappa shape index (κ3) is 7.05. The van der Waals surface area contributed by atoms with E-state index in [4.69, 9.17) is 5.73 Å². The van der Waals surface area contributed by atoms with E-state index in [1.807, 2.05) is 11.0 Å². The van der Waals surface area contributed by atoms with Gasteiger partial charge in [0.2, 0.25) is 17.7 Å². The van der Waals surface area contributed by atoms with Crippen molar-refractivity contribution < 1.29 is 24.6 Å². The van der Waals surface area contributed by atoms with Crippen LogP contribution in [-0.4, -0.2) is 101 Å². The molecule has 0 spiro atoms. The number of nitrogens with one attached hydrogen (secondary N) is 2. The number of nitrogens with two attached hydrogens (primary N) is 1. The maximum atomic E-state index is 12.7. The maximum absolute atomic E-state index is 12.7. The van der Waals surface area contributed by atoms with Crippen molar-refractivity contribution in [2.75, 3.05) is 56.0 Å². The van der Waals surface area contributed by atoms with Gasteiger partial charge in [-0.15, -0.1) is 0 Å². The van der Waals surface area contributed by atoms with Crippen molar-refractivity contribution in [2.45, 2.75) is 75.5 Å². The highest BCUT2D eigenvalue weighted by Crippen LogP contribution is 2.33. The lowest BCUT2D eigenvalue weighted by molar-refractivity contribution is -0.140. The fourth-order valence-electron chi connectivity index (χ4n) is 6.47. The summed E-state index contributed by atoms with van der Waals surface area (Å²) in [6.45, 7) is 5.82. The molecule has 1 aromatic rings. The van der Waals surface area contributed by atoms with Crippen molar-refractivity contribution >= 4 is 29.1 Å². The molecule has 4 aliphatic rings. The summed E-state index contributed by atoms with van der Waals surface area (Å²) in [5.74, 6) is 0.0905. The average Bonchev–Trinajstić information content (AvgIpc) is 2.93. The Kier molecular flexibility index (Phi) is 8.82. The Morgan fingerprint density at radius 1 is 1.02 bits per heavy atom. The van der Waals surface area contributed by atoms with Gasteiger partial charge in [-0.05, 0) is 63.0 Å². The van der Waals surface area contributed by atoms with Crippen molar-refractivity contribution in [3.63, 3.8) is 0 Å². The third-order valence-corrected chi connectivity index (χ3v) is 9.21. The van der Waals surface area contributed by atoms with Crippen LogP contribution in [0, 0.1) is 5.92 Å². The Hall–Kier alpha value is -2.89. The number of aliphatic hydroxyl groups is 1. The van der Waals surface area contributed by atoms with E-state index in [0.29, 0.717) is 44.0 Å². The number of carbonyl (C=O) groups excluding carboxylic acids is 3. The van der Waals surface area contributed by atoms with E-state index in [1.165, 1.54) is 0 Å². The zero-order valence-corrected chi connectivity index (χ0v) is 23.3. The number of likely N-dealkylation sites (tertiary alicyclic amines) is 2. The van der Waals surface area contributed by atoms with Gasteiger partial charge in [0.1, 0.15) is 11.8 Å². The van der Waals surface area contributed by atoms with Crippen LogP contribution in [0.3, 0.4) is 0 Å². The van der Waals surface area contributed by atoms with Crippen molar-refractivity contribution in [1.82, 2.24) is 15.1 Å². The highest BCUT2D eigenvalue weighted by molar-refractivity contribution is 6.01. The minimum absolute atomic E-state index is 0.0565. The van der Waals surface area contributed by atoms with E-state index in [-0.39, 0.29) is 42.4 Å². The molecule has 0 saturated carbocycles. The Bertz CT molecular complexity index is 1070. The van der Waals surface area contributed by atoms with Crippen molar-refractivity contribution in [2.24, 2.45) is 11.7 Å². The standard InChI is InChI=1S/C29H44N6O5/c30-21-7-13-35(14-8-21)27(38)18-29(40)9-15-33(16-10-29)19-20-5-11-34(12-6-20)22-1-2-23(25(36)17-22)31-24-3-4-26(37)32-28(24)39/h1-2,17,20-21,24,31,36,40H,3-16,18-19,30H2,(H,32,37,39). The molecule has 0 aliphatic carbocycles. The minimum Gasteiger partial charge on any atom is -0.506 e. The van der Waals surface area contributed by atoms with Gasteiger partial charge in [-0.1, -0.05) is 0 Å². The van der Waals surface area contributed by atoms with Gasteiger partial charge < -0.3 is 36.0 Å². The quantitative estimate of drug-likeness (QED) is 0.245. The largest absolute Gasteiger partial charge is 0.506 e. The molecule has 4 saturated heterocycles. The number of carbonyl (C=O) groups is 3. The first-order chi connectivity index (χ1) is 19.2. The van der Waals surface area contributed by atoms with Crippen LogP contribution in [0.25, 0.3) is 0 Å². The van der Waals surface area contributed by atoms with Gasteiger partial charge in [0.25, 0.3) is 0 Å². The first-order valence-electron chi connectivity index (χ1n) is 14.8. The summed E-state index contributed by atoms with van der Waals surface area (Å²) in [5.41, 5.74) is 6.49. The van der Waals surface area contributed by atoms with Crippen LogP contribution in [0.5, 0.6) is 5.75 Å². The molecule has 0 radical (unpaired) electrons. The summed E-state index contributed by atoms with van der Waals surface area (Å²) >= 11 is 0. The molecule has 1 unspecified atom stereocenters. The molecule has 40 heavy (non-hydrogen) atoms. The molecule has 11 heteroatoms. The summed E-state index contributed by atoms with van der Waals surface area (Å²) in [6.07, 6.45) is 5.93. The number of benzene rings is 1. The van der Waals surface area contributed by atoms with Crippen molar-refractivity contribution in [3.05, 3.63) is 18.2 Å². The lowest BCUT2D eigenvalue weighted by atomic mass is 9.86. The number of piperidine rings is 4. The van der Waals surface area contributed by atoms with Crippen LogP contribution in [0.4, 0.5) is 11.4 Å². The minimum atomic E-state index is -0.905. The molecule has 3 amide bonds. The zero-order chi connectivity index (χ0) is 28.3. The number of anilines is 2. The van der Waals surface area contributed by atoms with E-state index < -0.39 is 11.6 Å². The van der Waals surface area contributed by atoms with Crippen LogP contribution >= 0.6 is 0 Å². The number of nitrogens with zero attached hydrogens (tertiary/aromatic N) is 3. The Morgan fingerprint density at radius 3 is 2.38 bits per heavy atom. The van der Waals surface area contributed by atoms with Gasteiger partial charge in [0, 0.05) is 70.0 Å². The SMILES string of the molecule is NC1CCN(C(=O)CC2(O)CCN(CC3CCN(c4ccc(NC5CCC(=O)NC5=O)c(O)c4)CC3)CC2)CC1. The van der Waals surface area contributed by atoms with Gasteiger partial charge in [-0.2, -0.15) is 0 Å². The second-order valence-electron chi connectivity index (χ2n) is 12.2. The number of amides is 3. The van der Waals surface area contributed by atoms with Crippen LogP contribution in [0.2, 0.25) is 0 Å². The summed E-state index contributed by atoms with van der Waals surface area (Å²) in [5, 5.41) is 27.1. The number of imide groups is 1. The molecule has 0 aromatic heterocycles. The molecule has 6 N–H and O–H groups in total. The zero-order valence-electron chi connectivity index (χ0n) is 23.3. The molecule has 220 valence electrons. The Labute approximate surface area is 236 Å². The maximum Gasteiger partial charge on any atom is 0.249 e. The monoisotopic (exact) mass is 556 g/mol. The van der Waals surface area contributed by atoms with Crippen LogP contribution < -0.4 is 21.3 Å². The lowest BCUT2D eigenvalue weighted by Crippen LogP contribution is -2.50. The lowest BCUT2D eigenvalue weighted by Gasteiger charge is -2.42. The summed E-state index contributed by atoms with van der Waals surface area (Å²) in [7, 11) is 0. The Balaban J connectivity index is 1.04. The molecule has 1 atom stereocenters. The molecule has 4 aliphatic heterocycles. The van der Waals surface area contributed by atoms with Crippen LogP contribution in [0.1, 0.15) is 57.8 Å². The van der Waals surface area contributed by atoms with Gasteiger partial charge in [-0.3, -0.25) is 19.7 Å². The Morgan fingerprint density at radius 2 is 1.73 bits per heavy atom. The first-order valence-corrected chi connectivity index (χ1v) is 14.8. The number of phenolic OH excluding ortho intramolecular Hbond substituents is 1.